The molecule has 0 aliphatic carbocycles. The van der Waals surface area contributed by atoms with Gasteiger partial charge >= 0.3 is 5.97 Å². The van der Waals surface area contributed by atoms with Crippen molar-refractivity contribution in [3.05, 3.63) is 35.4 Å². The lowest BCUT2D eigenvalue weighted by atomic mass is 10.1. The minimum Gasteiger partial charge on any atom is -0.466 e. The van der Waals surface area contributed by atoms with Gasteiger partial charge in [0.25, 0.3) is 0 Å². The van der Waals surface area contributed by atoms with Crippen LogP contribution in [0.5, 0.6) is 0 Å². The Kier molecular flexibility index (Phi) is 4.37. The Morgan fingerprint density at radius 1 is 1.38 bits per heavy atom. The maximum Gasteiger partial charge on any atom is 0.308 e. The van der Waals surface area contributed by atoms with E-state index in [-0.39, 0.29) is 18.6 Å². The standard InChI is InChI=1S/C11H12F2O3/c1-2-16-11(15)6-10(14)7-3-8(12)5-9(13)4-7/h3-5,10,14H,2,6H2,1H3. The molecule has 3 nitrogen and oxygen atoms in total. The van der Waals surface area contributed by atoms with E-state index < -0.39 is 23.7 Å². The Balaban J connectivity index is 2.72. The summed E-state index contributed by atoms with van der Waals surface area (Å²) in [5, 5.41) is 9.53. The molecular formula is C11H12F2O3. The van der Waals surface area contributed by atoms with Crippen LogP contribution in [-0.2, 0) is 9.53 Å². The summed E-state index contributed by atoms with van der Waals surface area (Å²) in [6.45, 7) is 1.83. The molecule has 16 heavy (non-hydrogen) atoms. The van der Waals surface area contributed by atoms with Crippen LogP contribution >= 0.6 is 0 Å². The average molecular weight is 230 g/mol. The Morgan fingerprint density at radius 2 is 1.94 bits per heavy atom. The van der Waals surface area contributed by atoms with Crippen molar-refractivity contribution >= 4 is 5.97 Å². The van der Waals surface area contributed by atoms with Crippen molar-refractivity contribution in [3.63, 3.8) is 0 Å². The Labute approximate surface area is 91.7 Å². The van der Waals surface area contributed by atoms with E-state index in [0.717, 1.165) is 12.1 Å². The van der Waals surface area contributed by atoms with Gasteiger partial charge in [-0.05, 0) is 24.6 Å². The zero-order chi connectivity index (χ0) is 12.1. The van der Waals surface area contributed by atoms with Crippen molar-refractivity contribution in [2.45, 2.75) is 19.4 Å². The monoisotopic (exact) mass is 230 g/mol. The smallest absolute Gasteiger partial charge is 0.308 e. The van der Waals surface area contributed by atoms with Crippen LogP contribution in [0.25, 0.3) is 0 Å². The molecule has 88 valence electrons. The predicted octanol–water partition coefficient (Wildman–Crippen LogP) is 1.95. The summed E-state index contributed by atoms with van der Waals surface area (Å²) in [6.07, 6.45) is -1.58. The molecule has 1 unspecified atom stereocenters. The summed E-state index contributed by atoms with van der Waals surface area (Å²) in [4.78, 5) is 11.0. The molecule has 0 aliphatic rings. The fourth-order valence-electron chi connectivity index (χ4n) is 1.26. The van der Waals surface area contributed by atoms with Crippen molar-refractivity contribution in [1.82, 2.24) is 0 Å². The number of ether oxygens (including phenoxy) is 1. The third kappa shape index (κ3) is 3.58. The van der Waals surface area contributed by atoms with Gasteiger partial charge in [-0.1, -0.05) is 0 Å². The zero-order valence-corrected chi connectivity index (χ0v) is 8.74. The van der Waals surface area contributed by atoms with Crippen molar-refractivity contribution in [2.75, 3.05) is 6.61 Å². The van der Waals surface area contributed by atoms with Crippen LogP contribution in [0.2, 0.25) is 0 Å². The van der Waals surface area contributed by atoms with Gasteiger partial charge in [-0.2, -0.15) is 0 Å². The highest BCUT2D eigenvalue weighted by molar-refractivity contribution is 5.70. The normalized spacial score (nSPS) is 12.2. The molecule has 1 aromatic rings. The summed E-state index contributed by atoms with van der Waals surface area (Å²) < 4.78 is 30.2. The summed E-state index contributed by atoms with van der Waals surface area (Å²) in [6, 6.07) is 2.65. The molecule has 0 aliphatic heterocycles. The van der Waals surface area contributed by atoms with E-state index in [1.165, 1.54) is 0 Å². The van der Waals surface area contributed by atoms with Crippen LogP contribution in [0.3, 0.4) is 0 Å². The first-order chi connectivity index (χ1) is 7.52. The van der Waals surface area contributed by atoms with Gasteiger partial charge < -0.3 is 9.84 Å². The van der Waals surface area contributed by atoms with Crippen LogP contribution < -0.4 is 0 Å². The first kappa shape index (κ1) is 12.6. The maximum atomic E-state index is 12.8. The molecule has 0 bridgehead atoms. The number of aliphatic hydroxyl groups is 1. The lowest BCUT2D eigenvalue weighted by molar-refractivity contribution is -0.145. The van der Waals surface area contributed by atoms with Crippen molar-refractivity contribution in [1.29, 1.82) is 0 Å². The van der Waals surface area contributed by atoms with Crippen molar-refractivity contribution in [3.8, 4) is 0 Å². The number of carbonyl (C=O) groups excluding carboxylic acids is 1. The second-order valence-corrected chi connectivity index (χ2v) is 3.23. The van der Waals surface area contributed by atoms with E-state index in [2.05, 4.69) is 4.74 Å². The van der Waals surface area contributed by atoms with Crippen molar-refractivity contribution < 1.29 is 23.4 Å². The van der Waals surface area contributed by atoms with Gasteiger partial charge in [0, 0.05) is 6.07 Å². The van der Waals surface area contributed by atoms with Gasteiger partial charge in [-0.15, -0.1) is 0 Å². The van der Waals surface area contributed by atoms with Crippen LogP contribution in [0, 0.1) is 11.6 Å². The lowest BCUT2D eigenvalue weighted by Crippen LogP contribution is -2.10. The summed E-state index contributed by atoms with van der Waals surface area (Å²) in [5.74, 6) is -2.20. The van der Waals surface area contributed by atoms with E-state index in [1.54, 1.807) is 6.92 Å². The summed E-state index contributed by atoms with van der Waals surface area (Å²) in [5.41, 5.74) is 0.0190. The van der Waals surface area contributed by atoms with Gasteiger partial charge in [-0.25, -0.2) is 8.78 Å². The molecule has 0 saturated carbocycles. The molecule has 0 spiro atoms. The molecule has 0 saturated heterocycles. The molecule has 0 fully saturated rings. The van der Waals surface area contributed by atoms with Crippen molar-refractivity contribution in [2.24, 2.45) is 0 Å². The molecule has 0 amide bonds. The Bertz CT molecular complexity index is 359. The molecule has 0 radical (unpaired) electrons. The zero-order valence-electron chi connectivity index (χ0n) is 8.74. The van der Waals surface area contributed by atoms with E-state index in [9.17, 15) is 18.7 Å². The molecular weight excluding hydrogens is 218 g/mol. The average Bonchev–Trinajstić information content (AvgIpc) is 2.16. The number of hydrogen-bond acceptors (Lipinski definition) is 3. The fraction of sp³-hybridized carbons (Fsp3) is 0.364. The predicted molar refractivity (Wildman–Crippen MR) is 52.6 cm³/mol. The second kappa shape index (κ2) is 5.55. The molecule has 1 aromatic carbocycles. The van der Waals surface area contributed by atoms with Gasteiger partial charge in [0.2, 0.25) is 0 Å². The SMILES string of the molecule is CCOC(=O)CC(O)c1cc(F)cc(F)c1. The molecule has 0 heterocycles. The van der Waals surface area contributed by atoms with Crippen LogP contribution in [0.1, 0.15) is 25.0 Å². The largest absolute Gasteiger partial charge is 0.466 e. The number of rotatable bonds is 4. The first-order valence-electron chi connectivity index (χ1n) is 4.82. The molecule has 1 N–H and O–H groups in total. The molecule has 0 aromatic heterocycles. The molecule has 1 rings (SSSR count). The fourth-order valence-corrected chi connectivity index (χ4v) is 1.26. The Hall–Kier alpha value is -1.49. The number of hydrogen-bond donors (Lipinski definition) is 1. The van der Waals surface area contributed by atoms with Gasteiger partial charge in [-0.3, -0.25) is 4.79 Å². The van der Waals surface area contributed by atoms with E-state index in [4.69, 9.17) is 0 Å². The summed E-state index contributed by atoms with van der Waals surface area (Å²) >= 11 is 0. The highest BCUT2D eigenvalue weighted by Gasteiger charge is 2.15. The lowest BCUT2D eigenvalue weighted by Gasteiger charge is -2.10. The van der Waals surface area contributed by atoms with E-state index in [0.29, 0.717) is 6.07 Å². The first-order valence-corrected chi connectivity index (χ1v) is 4.82. The minimum absolute atomic E-state index is 0.0190. The number of esters is 1. The van der Waals surface area contributed by atoms with Crippen LogP contribution in [-0.4, -0.2) is 17.7 Å². The molecule has 5 heteroatoms. The second-order valence-electron chi connectivity index (χ2n) is 3.23. The van der Waals surface area contributed by atoms with Gasteiger partial charge in [0.1, 0.15) is 11.6 Å². The maximum absolute atomic E-state index is 12.8. The van der Waals surface area contributed by atoms with E-state index in [1.807, 2.05) is 0 Å². The number of aliphatic hydroxyl groups excluding tert-OH is 1. The number of benzene rings is 1. The molecule has 1 atom stereocenters. The van der Waals surface area contributed by atoms with Crippen LogP contribution in [0.4, 0.5) is 8.78 Å². The summed E-state index contributed by atoms with van der Waals surface area (Å²) in [7, 11) is 0. The van der Waals surface area contributed by atoms with Gasteiger partial charge in [0.15, 0.2) is 0 Å². The minimum atomic E-state index is -1.26. The Morgan fingerprint density at radius 3 is 2.44 bits per heavy atom. The van der Waals surface area contributed by atoms with Crippen LogP contribution in [0.15, 0.2) is 18.2 Å². The quantitative estimate of drug-likeness (QED) is 0.804. The third-order valence-corrected chi connectivity index (χ3v) is 1.93. The van der Waals surface area contributed by atoms with Gasteiger partial charge in [0.05, 0.1) is 19.1 Å². The van der Waals surface area contributed by atoms with E-state index >= 15 is 0 Å². The number of carbonyl (C=O) groups is 1. The third-order valence-electron chi connectivity index (χ3n) is 1.93. The topological polar surface area (TPSA) is 46.5 Å². The highest BCUT2D eigenvalue weighted by Crippen LogP contribution is 2.19. The highest BCUT2D eigenvalue weighted by atomic mass is 19.1. The number of halogens is 2.